The highest BCUT2D eigenvalue weighted by Crippen LogP contribution is 2.32. The van der Waals surface area contributed by atoms with Crippen molar-refractivity contribution in [3.8, 4) is 11.4 Å². The SMILES string of the molecule is COc1ccc(-n2nc(C)c3sc(N(C)CC(=O)NCc4ccccc4C)nc32)cc1. The molecular formula is C23H25N5O2S. The Morgan fingerprint density at radius 2 is 1.90 bits per heavy atom. The van der Waals surface area contributed by atoms with Crippen molar-refractivity contribution in [1.29, 1.82) is 0 Å². The monoisotopic (exact) mass is 435 g/mol. The lowest BCUT2D eigenvalue weighted by molar-refractivity contribution is -0.119. The van der Waals surface area contributed by atoms with Crippen LogP contribution in [0.25, 0.3) is 16.0 Å². The third-order valence-electron chi connectivity index (χ3n) is 5.14. The first-order valence-corrected chi connectivity index (χ1v) is 10.8. The number of fused-ring (bicyclic) bond motifs is 1. The fourth-order valence-corrected chi connectivity index (χ4v) is 4.28. The minimum atomic E-state index is -0.0430. The predicted molar refractivity (Wildman–Crippen MR) is 124 cm³/mol. The maximum absolute atomic E-state index is 12.5. The minimum absolute atomic E-state index is 0.0430. The number of ether oxygens (including phenoxy) is 1. The minimum Gasteiger partial charge on any atom is -0.497 e. The summed E-state index contributed by atoms with van der Waals surface area (Å²) in [6.45, 7) is 4.77. The molecule has 8 heteroatoms. The van der Waals surface area contributed by atoms with Crippen LogP contribution in [0.15, 0.2) is 48.5 Å². The number of hydrogen-bond donors (Lipinski definition) is 1. The number of aryl methyl sites for hydroxylation is 2. The molecule has 2 aromatic heterocycles. The third-order valence-corrected chi connectivity index (χ3v) is 6.41. The highest BCUT2D eigenvalue weighted by Gasteiger charge is 2.18. The van der Waals surface area contributed by atoms with Gasteiger partial charge in [0.05, 0.1) is 29.7 Å². The predicted octanol–water partition coefficient (Wildman–Crippen LogP) is 3.86. The van der Waals surface area contributed by atoms with Gasteiger partial charge < -0.3 is 15.0 Å². The number of benzene rings is 2. The zero-order chi connectivity index (χ0) is 22.0. The van der Waals surface area contributed by atoms with Gasteiger partial charge in [0, 0.05) is 13.6 Å². The molecule has 0 aliphatic carbocycles. The van der Waals surface area contributed by atoms with E-state index in [-0.39, 0.29) is 12.5 Å². The molecule has 0 bridgehead atoms. The number of rotatable bonds is 7. The molecule has 160 valence electrons. The zero-order valence-electron chi connectivity index (χ0n) is 18.0. The molecule has 0 aliphatic rings. The molecule has 1 amide bonds. The summed E-state index contributed by atoms with van der Waals surface area (Å²) in [6.07, 6.45) is 0. The first-order valence-electron chi connectivity index (χ1n) is 9.99. The van der Waals surface area contributed by atoms with Gasteiger partial charge in [-0.05, 0) is 49.2 Å². The molecule has 0 fully saturated rings. The lowest BCUT2D eigenvalue weighted by Crippen LogP contribution is -2.34. The van der Waals surface area contributed by atoms with E-state index >= 15 is 0 Å². The Bertz CT molecular complexity index is 1210. The molecule has 31 heavy (non-hydrogen) atoms. The Balaban J connectivity index is 1.48. The van der Waals surface area contributed by atoms with Crippen molar-refractivity contribution in [3.63, 3.8) is 0 Å². The maximum Gasteiger partial charge on any atom is 0.239 e. The molecular weight excluding hydrogens is 410 g/mol. The number of methoxy groups -OCH3 is 1. The fourth-order valence-electron chi connectivity index (χ4n) is 3.33. The standard InChI is InChI=1S/C23H25N5O2S/c1-15-7-5-6-8-17(15)13-24-20(29)14-27(3)23-25-22-21(31-23)16(2)26-28(22)18-9-11-19(30-4)12-10-18/h5-12H,13-14H2,1-4H3,(H,24,29). The molecule has 7 nitrogen and oxygen atoms in total. The van der Waals surface area contributed by atoms with E-state index in [4.69, 9.17) is 9.72 Å². The second-order valence-electron chi connectivity index (χ2n) is 7.40. The summed E-state index contributed by atoms with van der Waals surface area (Å²) in [6, 6.07) is 15.8. The van der Waals surface area contributed by atoms with E-state index in [1.54, 1.807) is 18.4 Å². The van der Waals surface area contributed by atoms with Crippen molar-refractivity contribution in [1.82, 2.24) is 20.1 Å². The summed E-state index contributed by atoms with van der Waals surface area (Å²) < 4.78 is 8.08. The number of nitrogens with zero attached hydrogens (tertiary/aromatic N) is 4. The number of thiazole rings is 1. The Morgan fingerprint density at radius 1 is 1.16 bits per heavy atom. The van der Waals surface area contributed by atoms with Crippen LogP contribution in [0.4, 0.5) is 5.13 Å². The number of likely N-dealkylation sites (N-methyl/N-ethyl adjacent to an activating group) is 1. The first kappa shape index (κ1) is 20.9. The van der Waals surface area contributed by atoms with Gasteiger partial charge in [-0.1, -0.05) is 35.6 Å². The van der Waals surface area contributed by atoms with Crippen LogP contribution in [0.1, 0.15) is 16.8 Å². The largest absolute Gasteiger partial charge is 0.497 e. The molecule has 4 rings (SSSR count). The Morgan fingerprint density at radius 3 is 2.61 bits per heavy atom. The van der Waals surface area contributed by atoms with E-state index in [1.807, 2.05) is 79.0 Å². The highest BCUT2D eigenvalue weighted by atomic mass is 32.1. The van der Waals surface area contributed by atoms with Gasteiger partial charge in [-0.2, -0.15) is 10.1 Å². The van der Waals surface area contributed by atoms with E-state index < -0.39 is 0 Å². The van der Waals surface area contributed by atoms with Crippen LogP contribution < -0.4 is 15.0 Å². The van der Waals surface area contributed by atoms with Crippen LogP contribution >= 0.6 is 11.3 Å². The van der Waals surface area contributed by atoms with E-state index in [0.29, 0.717) is 6.54 Å². The number of anilines is 1. The number of aromatic nitrogens is 3. The van der Waals surface area contributed by atoms with Crippen molar-refractivity contribution < 1.29 is 9.53 Å². The second-order valence-corrected chi connectivity index (χ2v) is 8.38. The summed E-state index contributed by atoms with van der Waals surface area (Å²) in [5.74, 6) is 0.748. The van der Waals surface area contributed by atoms with Gasteiger partial charge in [0.1, 0.15) is 5.75 Å². The molecule has 2 heterocycles. The van der Waals surface area contributed by atoms with Crippen LogP contribution in [0.2, 0.25) is 0 Å². The summed E-state index contributed by atoms with van der Waals surface area (Å²) in [5.41, 5.74) is 4.89. The Labute approximate surface area is 185 Å². The molecule has 1 N–H and O–H groups in total. The number of amides is 1. The molecule has 0 atom stereocenters. The lowest BCUT2D eigenvalue weighted by Gasteiger charge is -2.15. The van der Waals surface area contributed by atoms with E-state index in [9.17, 15) is 4.79 Å². The van der Waals surface area contributed by atoms with Crippen molar-refractivity contribution in [2.45, 2.75) is 20.4 Å². The molecule has 0 radical (unpaired) electrons. The van der Waals surface area contributed by atoms with Crippen LogP contribution in [0.3, 0.4) is 0 Å². The number of nitrogens with one attached hydrogen (secondary N) is 1. The Kier molecular flexibility index (Phi) is 5.90. The topological polar surface area (TPSA) is 72.3 Å². The molecule has 0 spiro atoms. The average molecular weight is 436 g/mol. The molecule has 2 aromatic carbocycles. The van der Waals surface area contributed by atoms with E-state index in [1.165, 1.54) is 5.56 Å². The number of carbonyl (C=O) groups excluding carboxylic acids is 1. The van der Waals surface area contributed by atoms with E-state index in [0.717, 1.165) is 38.2 Å². The summed E-state index contributed by atoms with van der Waals surface area (Å²) >= 11 is 1.54. The quantitative estimate of drug-likeness (QED) is 0.477. The van der Waals surface area contributed by atoms with Crippen LogP contribution in [-0.2, 0) is 11.3 Å². The molecule has 0 unspecified atom stereocenters. The van der Waals surface area contributed by atoms with E-state index in [2.05, 4.69) is 10.4 Å². The highest BCUT2D eigenvalue weighted by molar-refractivity contribution is 7.22. The normalized spacial score (nSPS) is 11.0. The van der Waals surface area contributed by atoms with Gasteiger partial charge in [0.15, 0.2) is 10.8 Å². The van der Waals surface area contributed by atoms with Crippen LogP contribution in [0, 0.1) is 13.8 Å². The summed E-state index contributed by atoms with van der Waals surface area (Å²) in [4.78, 5) is 19.1. The van der Waals surface area contributed by atoms with Gasteiger partial charge in [0.2, 0.25) is 5.91 Å². The van der Waals surface area contributed by atoms with Crippen LogP contribution in [0.5, 0.6) is 5.75 Å². The molecule has 4 aromatic rings. The van der Waals surface area contributed by atoms with Gasteiger partial charge in [-0.25, -0.2) is 4.68 Å². The zero-order valence-corrected chi connectivity index (χ0v) is 18.9. The summed E-state index contributed by atoms with van der Waals surface area (Å²) in [7, 11) is 3.52. The van der Waals surface area contributed by atoms with Crippen LogP contribution in [-0.4, -0.2) is 41.4 Å². The molecule has 0 saturated carbocycles. The van der Waals surface area contributed by atoms with Crippen molar-refractivity contribution in [3.05, 3.63) is 65.4 Å². The molecule has 0 aliphatic heterocycles. The van der Waals surface area contributed by atoms with Crippen molar-refractivity contribution >= 4 is 32.7 Å². The lowest BCUT2D eigenvalue weighted by atomic mass is 10.1. The Hall–Kier alpha value is -3.39. The fraction of sp³-hybridized carbons (Fsp3) is 0.261. The number of hydrogen-bond acceptors (Lipinski definition) is 6. The first-order chi connectivity index (χ1) is 15.0. The van der Waals surface area contributed by atoms with Gasteiger partial charge in [0.25, 0.3) is 0 Å². The van der Waals surface area contributed by atoms with Crippen molar-refractivity contribution in [2.75, 3.05) is 25.6 Å². The smallest absolute Gasteiger partial charge is 0.239 e. The second kappa shape index (κ2) is 8.77. The molecule has 0 saturated heterocycles. The third kappa shape index (κ3) is 4.39. The number of carbonyl (C=O) groups is 1. The van der Waals surface area contributed by atoms with Gasteiger partial charge in [-0.15, -0.1) is 0 Å². The van der Waals surface area contributed by atoms with Crippen molar-refractivity contribution in [2.24, 2.45) is 0 Å². The average Bonchev–Trinajstić information content (AvgIpc) is 3.34. The van der Waals surface area contributed by atoms with Gasteiger partial charge >= 0.3 is 0 Å². The van der Waals surface area contributed by atoms with Gasteiger partial charge in [-0.3, -0.25) is 4.79 Å². The maximum atomic E-state index is 12.5. The summed E-state index contributed by atoms with van der Waals surface area (Å²) in [5, 5.41) is 8.41.